The molecule has 0 radical (unpaired) electrons. The van der Waals surface area contributed by atoms with Gasteiger partial charge in [0.05, 0.1) is 12.3 Å². The van der Waals surface area contributed by atoms with Crippen LogP contribution >= 0.6 is 0 Å². The zero-order chi connectivity index (χ0) is 19.6. The van der Waals surface area contributed by atoms with E-state index < -0.39 is 0 Å². The van der Waals surface area contributed by atoms with E-state index in [-0.39, 0.29) is 0 Å². The van der Waals surface area contributed by atoms with Gasteiger partial charge in [-0.2, -0.15) is 0 Å². The maximum absolute atomic E-state index is 8.95. The van der Waals surface area contributed by atoms with Crippen LogP contribution in [-0.2, 0) is 0 Å². The van der Waals surface area contributed by atoms with Crippen LogP contribution in [0.25, 0.3) is 0 Å². The SMILES string of the molecule is CCCCCCCCCCCCCCCCOc1ccccc1/C(C)=N\O. The van der Waals surface area contributed by atoms with Crippen LogP contribution in [0.3, 0.4) is 0 Å². The molecule has 0 saturated heterocycles. The van der Waals surface area contributed by atoms with Gasteiger partial charge in [0.2, 0.25) is 0 Å². The molecule has 0 aliphatic heterocycles. The van der Waals surface area contributed by atoms with Gasteiger partial charge in [0, 0.05) is 5.56 Å². The summed E-state index contributed by atoms with van der Waals surface area (Å²) in [5, 5.41) is 12.2. The number of hydrogen-bond acceptors (Lipinski definition) is 3. The second-order valence-corrected chi connectivity index (χ2v) is 7.63. The highest BCUT2D eigenvalue weighted by Gasteiger charge is 2.06. The van der Waals surface area contributed by atoms with Gasteiger partial charge in [-0.25, -0.2) is 0 Å². The smallest absolute Gasteiger partial charge is 0.128 e. The molecule has 0 aliphatic carbocycles. The van der Waals surface area contributed by atoms with Crippen LogP contribution < -0.4 is 4.74 Å². The van der Waals surface area contributed by atoms with Gasteiger partial charge >= 0.3 is 0 Å². The van der Waals surface area contributed by atoms with E-state index in [1.165, 1.54) is 83.5 Å². The maximum atomic E-state index is 8.95. The summed E-state index contributed by atoms with van der Waals surface area (Å²) in [7, 11) is 0. The number of nitrogens with zero attached hydrogens (tertiary/aromatic N) is 1. The van der Waals surface area contributed by atoms with E-state index in [1.807, 2.05) is 24.3 Å². The first kappa shape index (κ1) is 23.5. The van der Waals surface area contributed by atoms with Crippen molar-refractivity contribution in [2.45, 2.75) is 104 Å². The molecule has 0 aromatic heterocycles. The second-order valence-electron chi connectivity index (χ2n) is 7.63. The van der Waals surface area contributed by atoms with Crippen molar-refractivity contribution >= 4 is 5.71 Å². The lowest BCUT2D eigenvalue weighted by Crippen LogP contribution is -2.03. The first-order valence-electron chi connectivity index (χ1n) is 11.2. The molecular weight excluding hydrogens is 334 g/mol. The number of benzene rings is 1. The average Bonchev–Trinajstić information content (AvgIpc) is 2.70. The maximum Gasteiger partial charge on any atom is 0.128 e. The Bertz CT molecular complexity index is 499. The Morgan fingerprint density at radius 1 is 0.778 bits per heavy atom. The van der Waals surface area contributed by atoms with Crippen molar-refractivity contribution in [2.24, 2.45) is 5.16 Å². The summed E-state index contributed by atoms with van der Waals surface area (Å²) >= 11 is 0. The van der Waals surface area contributed by atoms with Gasteiger partial charge in [-0.1, -0.05) is 108 Å². The molecule has 1 aromatic carbocycles. The lowest BCUT2D eigenvalue weighted by atomic mass is 10.0. The first-order valence-corrected chi connectivity index (χ1v) is 11.2. The summed E-state index contributed by atoms with van der Waals surface area (Å²) in [6, 6.07) is 7.75. The van der Waals surface area contributed by atoms with Crippen LogP contribution in [0.4, 0.5) is 0 Å². The van der Waals surface area contributed by atoms with Crippen LogP contribution in [0.15, 0.2) is 29.4 Å². The van der Waals surface area contributed by atoms with Crippen molar-refractivity contribution < 1.29 is 9.94 Å². The minimum Gasteiger partial charge on any atom is -0.493 e. The van der Waals surface area contributed by atoms with E-state index in [0.29, 0.717) is 5.71 Å². The molecule has 27 heavy (non-hydrogen) atoms. The minimum atomic E-state index is 0.589. The van der Waals surface area contributed by atoms with E-state index in [0.717, 1.165) is 24.3 Å². The zero-order valence-corrected chi connectivity index (χ0v) is 17.7. The van der Waals surface area contributed by atoms with E-state index in [4.69, 9.17) is 9.94 Å². The molecule has 1 N–H and O–H groups in total. The predicted molar refractivity (Wildman–Crippen MR) is 116 cm³/mol. The Morgan fingerprint density at radius 2 is 1.26 bits per heavy atom. The molecule has 0 amide bonds. The normalized spacial score (nSPS) is 11.7. The second kappa shape index (κ2) is 16.6. The standard InChI is InChI=1S/C24H41NO2/c1-3-4-5-6-7-8-9-10-11-12-13-14-15-18-21-27-24-20-17-16-19-23(24)22(2)25-26/h16-17,19-20,26H,3-15,18,21H2,1-2H3/b25-22-. The minimum absolute atomic E-state index is 0.589. The van der Waals surface area contributed by atoms with Gasteiger partial charge in [-0.3, -0.25) is 0 Å². The molecule has 0 heterocycles. The Morgan fingerprint density at radius 3 is 1.78 bits per heavy atom. The highest BCUT2D eigenvalue weighted by molar-refractivity contribution is 6.00. The van der Waals surface area contributed by atoms with Crippen LogP contribution in [0.1, 0.15) is 109 Å². The number of ether oxygens (including phenoxy) is 1. The highest BCUT2D eigenvalue weighted by Crippen LogP contribution is 2.19. The molecule has 3 nitrogen and oxygen atoms in total. The summed E-state index contributed by atoms with van der Waals surface area (Å²) < 4.78 is 5.88. The zero-order valence-electron chi connectivity index (χ0n) is 17.7. The van der Waals surface area contributed by atoms with E-state index in [9.17, 15) is 0 Å². The van der Waals surface area contributed by atoms with Crippen LogP contribution in [0, 0.1) is 0 Å². The fraction of sp³-hybridized carbons (Fsp3) is 0.708. The summed E-state index contributed by atoms with van der Waals surface area (Å²) in [5.74, 6) is 0.808. The number of rotatable bonds is 17. The fourth-order valence-corrected chi connectivity index (χ4v) is 3.42. The topological polar surface area (TPSA) is 41.8 Å². The monoisotopic (exact) mass is 375 g/mol. The third kappa shape index (κ3) is 11.7. The van der Waals surface area contributed by atoms with E-state index in [1.54, 1.807) is 6.92 Å². The van der Waals surface area contributed by atoms with Crippen LogP contribution in [-0.4, -0.2) is 17.5 Å². The number of oxime groups is 1. The molecule has 0 spiro atoms. The third-order valence-corrected chi connectivity index (χ3v) is 5.18. The van der Waals surface area contributed by atoms with Gasteiger partial charge in [-0.15, -0.1) is 0 Å². The summed E-state index contributed by atoms with van der Waals surface area (Å²) in [6.45, 7) is 4.80. The number of unbranched alkanes of at least 4 members (excludes halogenated alkanes) is 13. The Labute approximate surface area is 167 Å². The van der Waals surface area contributed by atoms with Gasteiger partial charge in [0.1, 0.15) is 5.75 Å². The van der Waals surface area contributed by atoms with Crippen molar-refractivity contribution in [1.29, 1.82) is 0 Å². The molecular formula is C24H41NO2. The molecule has 0 fully saturated rings. The van der Waals surface area contributed by atoms with Crippen molar-refractivity contribution in [3.05, 3.63) is 29.8 Å². The average molecular weight is 376 g/mol. The molecule has 0 aliphatic rings. The van der Waals surface area contributed by atoms with Crippen molar-refractivity contribution in [3.63, 3.8) is 0 Å². The van der Waals surface area contributed by atoms with Crippen LogP contribution in [0.2, 0.25) is 0 Å². The quantitative estimate of drug-likeness (QED) is 0.131. The van der Waals surface area contributed by atoms with Gasteiger partial charge in [0.15, 0.2) is 0 Å². The molecule has 1 aromatic rings. The third-order valence-electron chi connectivity index (χ3n) is 5.18. The summed E-state index contributed by atoms with van der Waals surface area (Å²) in [6.07, 6.45) is 19.1. The highest BCUT2D eigenvalue weighted by atomic mass is 16.5. The molecule has 0 atom stereocenters. The van der Waals surface area contributed by atoms with Crippen molar-refractivity contribution in [3.8, 4) is 5.75 Å². The Kier molecular flexibility index (Phi) is 14.5. The number of hydrogen-bond donors (Lipinski definition) is 1. The Hall–Kier alpha value is -1.51. The molecule has 0 saturated carbocycles. The molecule has 3 heteroatoms. The first-order chi connectivity index (χ1) is 13.3. The molecule has 1 rings (SSSR count). The lowest BCUT2D eigenvalue weighted by Gasteiger charge is -2.10. The van der Waals surface area contributed by atoms with Gasteiger partial charge in [0.25, 0.3) is 0 Å². The summed E-state index contributed by atoms with van der Waals surface area (Å²) in [4.78, 5) is 0. The van der Waals surface area contributed by atoms with Crippen molar-refractivity contribution in [1.82, 2.24) is 0 Å². The van der Waals surface area contributed by atoms with E-state index in [2.05, 4.69) is 12.1 Å². The predicted octanol–water partition coefficient (Wildman–Crippen LogP) is 7.74. The van der Waals surface area contributed by atoms with Crippen molar-refractivity contribution in [2.75, 3.05) is 6.61 Å². The summed E-state index contributed by atoms with van der Waals surface area (Å²) in [5.41, 5.74) is 1.46. The largest absolute Gasteiger partial charge is 0.493 e. The van der Waals surface area contributed by atoms with Gasteiger partial charge in [-0.05, 0) is 25.5 Å². The molecule has 154 valence electrons. The Balaban J connectivity index is 1.93. The lowest BCUT2D eigenvalue weighted by molar-refractivity contribution is 0.302. The van der Waals surface area contributed by atoms with E-state index >= 15 is 0 Å². The van der Waals surface area contributed by atoms with Gasteiger partial charge < -0.3 is 9.94 Å². The molecule has 0 bridgehead atoms. The number of para-hydroxylation sites is 1. The molecule has 0 unspecified atom stereocenters. The fourth-order valence-electron chi connectivity index (χ4n) is 3.42. The van der Waals surface area contributed by atoms with Crippen LogP contribution in [0.5, 0.6) is 5.75 Å².